The number of carbonyl (C=O) groups excluding carboxylic acids is 1. The minimum atomic E-state index is -3.85. The molecule has 0 aliphatic carbocycles. The van der Waals surface area contributed by atoms with Gasteiger partial charge in [-0.25, -0.2) is 17.8 Å². The highest BCUT2D eigenvalue weighted by atomic mass is 35.5. The summed E-state index contributed by atoms with van der Waals surface area (Å²) in [6.45, 7) is 0.983. The average molecular weight is 488 g/mol. The zero-order chi connectivity index (χ0) is 21.3. The van der Waals surface area contributed by atoms with Crippen molar-refractivity contribution in [3.05, 3.63) is 51.4 Å². The first kappa shape index (κ1) is 21.3. The van der Waals surface area contributed by atoms with Gasteiger partial charge in [-0.15, -0.1) is 22.7 Å². The van der Waals surface area contributed by atoms with Gasteiger partial charge in [-0.05, 0) is 30.3 Å². The van der Waals surface area contributed by atoms with Gasteiger partial charge in [0.1, 0.15) is 5.82 Å². The number of thiazole rings is 1. The van der Waals surface area contributed by atoms with Gasteiger partial charge in [0.15, 0.2) is 5.13 Å². The fourth-order valence-electron chi connectivity index (χ4n) is 2.84. The highest BCUT2D eigenvalue weighted by Crippen LogP contribution is 2.33. The number of morpholine rings is 1. The third kappa shape index (κ3) is 4.41. The lowest BCUT2D eigenvalue weighted by atomic mass is 10.2. The Morgan fingerprint density at radius 3 is 2.70 bits per heavy atom. The van der Waals surface area contributed by atoms with Crippen molar-refractivity contribution in [3.8, 4) is 10.6 Å². The van der Waals surface area contributed by atoms with Gasteiger partial charge in [0.05, 0.1) is 38.6 Å². The van der Waals surface area contributed by atoms with Crippen LogP contribution in [0.1, 0.15) is 10.4 Å². The number of nitrogens with one attached hydrogen (secondary N) is 1. The lowest BCUT2D eigenvalue weighted by Gasteiger charge is -2.26. The Kier molecular flexibility index (Phi) is 6.19. The van der Waals surface area contributed by atoms with E-state index in [4.69, 9.17) is 16.3 Å². The van der Waals surface area contributed by atoms with Gasteiger partial charge in [-0.1, -0.05) is 11.6 Å². The zero-order valence-corrected chi connectivity index (χ0v) is 18.5. The molecule has 0 radical (unpaired) electrons. The first-order chi connectivity index (χ1) is 14.3. The molecule has 30 heavy (non-hydrogen) atoms. The molecule has 0 bridgehead atoms. The number of amides is 1. The summed E-state index contributed by atoms with van der Waals surface area (Å²) < 4.78 is 46.9. The monoisotopic (exact) mass is 487 g/mol. The van der Waals surface area contributed by atoms with Gasteiger partial charge in [-0.3, -0.25) is 10.1 Å². The molecule has 1 aromatic carbocycles. The fraction of sp³-hybridized carbons (Fsp3) is 0.222. The number of carbonyl (C=O) groups is 1. The number of halogens is 2. The molecule has 0 unspecified atom stereocenters. The normalized spacial score (nSPS) is 15.3. The number of rotatable bonds is 5. The van der Waals surface area contributed by atoms with E-state index in [1.165, 1.54) is 27.0 Å². The second kappa shape index (κ2) is 8.69. The van der Waals surface area contributed by atoms with Crippen molar-refractivity contribution in [2.24, 2.45) is 0 Å². The maximum absolute atomic E-state index is 14.3. The second-order valence-electron chi connectivity index (χ2n) is 6.25. The summed E-state index contributed by atoms with van der Waals surface area (Å²) in [5.41, 5.74) is 0.261. The lowest BCUT2D eigenvalue weighted by molar-refractivity contribution is 0.0730. The summed E-state index contributed by atoms with van der Waals surface area (Å²) in [4.78, 5) is 17.6. The summed E-state index contributed by atoms with van der Waals surface area (Å²) in [5.74, 6) is -1.60. The molecule has 1 aliphatic heterocycles. The molecule has 0 atom stereocenters. The van der Waals surface area contributed by atoms with Gasteiger partial charge in [0.25, 0.3) is 5.91 Å². The van der Waals surface area contributed by atoms with Crippen LogP contribution in [0, 0.1) is 5.82 Å². The molecule has 1 saturated heterocycles. The molecule has 7 nitrogen and oxygen atoms in total. The Balaban J connectivity index is 1.56. The number of nitrogens with zero attached hydrogens (tertiary/aromatic N) is 2. The van der Waals surface area contributed by atoms with E-state index in [9.17, 15) is 17.6 Å². The number of sulfonamides is 1. The molecular formula is C18H15ClFN3O4S3. The molecule has 1 amide bonds. The molecule has 12 heteroatoms. The molecule has 2 aromatic heterocycles. The first-order valence-corrected chi connectivity index (χ1v) is 12.3. The van der Waals surface area contributed by atoms with E-state index in [2.05, 4.69) is 10.3 Å². The Hall–Kier alpha value is -1.89. The largest absolute Gasteiger partial charge is 0.379 e. The van der Waals surface area contributed by atoms with Crippen LogP contribution in [0.15, 0.2) is 40.6 Å². The van der Waals surface area contributed by atoms with Crippen LogP contribution < -0.4 is 5.32 Å². The van der Waals surface area contributed by atoms with Crippen LogP contribution in [0.2, 0.25) is 4.34 Å². The number of thiophene rings is 1. The van der Waals surface area contributed by atoms with Gasteiger partial charge in [0, 0.05) is 18.5 Å². The van der Waals surface area contributed by atoms with Gasteiger partial charge < -0.3 is 4.74 Å². The summed E-state index contributed by atoms with van der Waals surface area (Å²) in [5, 5.41) is 4.53. The van der Waals surface area contributed by atoms with Crippen LogP contribution in [0.3, 0.4) is 0 Å². The van der Waals surface area contributed by atoms with Crippen LogP contribution >= 0.6 is 34.3 Å². The van der Waals surface area contributed by atoms with Crippen LogP contribution in [0.25, 0.3) is 10.6 Å². The average Bonchev–Trinajstić information content (AvgIpc) is 3.37. The number of hydrogen-bond donors (Lipinski definition) is 1. The number of hydrogen-bond acceptors (Lipinski definition) is 7. The van der Waals surface area contributed by atoms with Gasteiger partial charge in [-0.2, -0.15) is 4.31 Å². The number of aromatic nitrogens is 1. The van der Waals surface area contributed by atoms with E-state index in [0.717, 1.165) is 23.1 Å². The van der Waals surface area contributed by atoms with E-state index >= 15 is 0 Å². The minimum absolute atomic E-state index is 0.149. The van der Waals surface area contributed by atoms with E-state index in [1.807, 2.05) is 6.07 Å². The molecule has 1 aliphatic rings. The number of benzene rings is 1. The molecule has 0 saturated carbocycles. The van der Waals surface area contributed by atoms with Crippen molar-refractivity contribution in [2.45, 2.75) is 4.90 Å². The van der Waals surface area contributed by atoms with Crippen LogP contribution in [0.5, 0.6) is 0 Å². The maximum atomic E-state index is 14.3. The van der Waals surface area contributed by atoms with Gasteiger partial charge in [0.2, 0.25) is 10.0 Å². The Morgan fingerprint density at radius 1 is 1.23 bits per heavy atom. The summed E-state index contributed by atoms with van der Waals surface area (Å²) in [7, 11) is -3.85. The highest BCUT2D eigenvalue weighted by Gasteiger charge is 2.28. The molecule has 158 valence electrons. The molecule has 1 N–H and O–H groups in total. The molecule has 4 rings (SSSR count). The molecule has 3 aromatic rings. The predicted octanol–water partition coefficient (Wildman–Crippen LogP) is 3.94. The van der Waals surface area contributed by atoms with Crippen molar-refractivity contribution in [2.75, 3.05) is 31.6 Å². The van der Waals surface area contributed by atoms with Crippen LogP contribution in [-0.4, -0.2) is 49.9 Å². The van der Waals surface area contributed by atoms with E-state index in [1.54, 1.807) is 11.4 Å². The van der Waals surface area contributed by atoms with E-state index in [0.29, 0.717) is 10.0 Å². The maximum Gasteiger partial charge on any atom is 0.260 e. The highest BCUT2D eigenvalue weighted by molar-refractivity contribution is 7.89. The minimum Gasteiger partial charge on any atom is -0.379 e. The topological polar surface area (TPSA) is 88.6 Å². The number of ether oxygens (including phenoxy) is 1. The van der Waals surface area contributed by atoms with Crippen molar-refractivity contribution in [1.82, 2.24) is 9.29 Å². The molecular weight excluding hydrogens is 473 g/mol. The van der Waals surface area contributed by atoms with Crippen molar-refractivity contribution in [1.29, 1.82) is 0 Å². The zero-order valence-electron chi connectivity index (χ0n) is 15.3. The van der Waals surface area contributed by atoms with Crippen LogP contribution in [0.4, 0.5) is 9.52 Å². The van der Waals surface area contributed by atoms with E-state index in [-0.39, 0.29) is 41.9 Å². The smallest absolute Gasteiger partial charge is 0.260 e. The third-order valence-corrected chi connectivity index (χ3v) is 8.25. The summed E-state index contributed by atoms with van der Waals surface area (Å²) >= 11 is 8.45. The van der Waals surface area contributed by atoms with Crippen molar-refractivity contribution in [3.63, 3.8) is 0 Å². The Morgan fingerprint density at radius 2 is 2.00 bits per heavy atom. The van der Waals surface area contributed by atoms with Crippen LogP contribution in [-0.2, 0) is 14.8 Å². The Bertz CT molecular complexity index is 1190. The fourth-order valence-corrected chi connectivity index (χ4v) is 6.05. The SMILES string of the molecule is O=C(Nc1nc(-c2ccc(Cl)s2)cs1)c1cc(S(=O)(=O)N2CCOCC2)ccc1F. The Labute approximate surface area is 185 Å². The van der Waals surface area contributed by atoms with Gasteiger partial charge >= 0.3 is 0 Å². The predicted molar refractivity (Wildman–Crippen MR) is 114 cm³/mol. The molecule has 1 fully saturated rings. The summed E-state index contributed by atoms with van der Waals surface area (Å²) in [6, 6.07) is 6.73. The quantitative estimate of drug-likeness (QED) is 0.589. The van der Waals surface area contributed by atoms with E-state index < -0.39 is 21.7 Å². The van der Waals surface area contributed by atoms with Crippen molar-refractivity contribution >= 4 is 55.3 Å². The standard InChI is InChI=1S/C18H15ClFN3O4S3/c19-16-4-3-15(29-16)14-10-28-18(21-14)22-17(24)12-9-11(1-2-13(12)20)30(25,26)23-5-7-27-8-6-23/h1-4,9-10H,5-8H2,(H,21,22,24). The van der Waals surface area contributed by atoms with Crippen molar-refractivity contribution < 1.29 is 22.3 Å². The molecule has 3 heterocycles. The lowest BCUT2D eigenvalue weighted by Crippen LogP contribution is -2.40. The third-order valence-electron chi connectivity index (χ3n) is 4.34. The first-order valence-electron chi connectivity index (χ1n) is 8.74. The molecule has 0 spiro atoms. The summed E-state index contributed by atoms with van der Waals surface area (Å²) in [6.07, 6.45) is 0. The number of anilines is 1. The second-order valence-corrected chi connectivity index (χ2v) is 10.8.